The second-order valence-electron chi connectivity index (χ2n) is 5.65. The van der Waals surface area contributed by atoms with E-state index in [9.17, 15) is 18.0 Å². The molecule has 0 radical (unpaired) electrons. The number of carbonyl (C=O) groups is 1. The Morgan fingerprint density at radius 3 is 2.76 bits per heavy atom. The fourth-order valence-electron chi connectivity index (χ4n) is 2.57. The van der Waals surface area contributed by atoms with E-state index in [4.69, 9.17) is 0 Å². The van der Waals surface area contributed by atoms with Gasteiger partial charge in [-0.15, -0.1) is 11.3 Å². The maximum atomic E-state index is 12.6. The van der Waals surface area contributed by atoms with E-state index >= 15 is 0 Å². The van der Waals surface area contributed by atoms with Crippen LogP contribution in [0.2, 0.25) is 0 Å². The summed E-state index contributed by atoms with van der Waals surface area (Å²) in [5, 5.41) is 0. The van der Waals surface area contributed by atoms with Crippen LogP contribution in [0.5, 0.6) is 0 Å². The molecule has 1 saturated heterocycles. The van der Waals surface area contributed by atoms with Crippen molar-refractivity contribution in [3.05, 3.63) is 41.0 Å². The van der Waals surface area contributed by atoms with Crippen LogP contribution < -0.4 is 4.72 Å². The van der Waals surface area contributed by atoms with E-state index in [1.165, 1.54) is 23.6 Å². The second kappa shape index (κ2) is 6.99. The average molecular weight is 387 g/mol. The van der Waals surface area contributed by atoms with Gasteiger partial charge in [0.2, 0.25) is 0 Å². The summed E-state index contributed by atoms with van der Waals surface area (Å²) in [6.07, 6.45) is -1.65. The molecule has 0 bridgehead atoms. The third kappa shape index (κ3) is 3.84. The summed E-state index contributed by atoms with van der Waals surface area (Å²) in [5.41, 5.74) is -0.266. The Balaban J connectivity index is 1.81. The van der Waals surface area contributed by atoms with Crippen molar-refractivity contribution >= 4 is 34.3 Å². The number of hydrogen-bond donors (Lipinski definition) is 1. The Morgan fingerprint density at radius 2 is 2.16 bits per heavy atom. The van der Waals surface area contributed by atoms with Gasteiger partial charge in [0, 0.05) is 21.5 Å². The molecule has 1 aliphatic rings. The fraction of sp³-hybridized carbons (Fsp3) is 0.312. The number of nitrogens with zero attached hydrogens (tertiary/aromatic N) is 2. The van der Waals surface area contributed by atoms with Crippen molar-refractivity contribution in [1.29, 1.82) is 0 Å². The van der Waals surface area contributed by atoms with Crippen LogP contribution in [0, 0.1) is 0 Å². The summed E-state index contributed by atoms with van der Waals surface area (Å²) in [7, 11) is 1.38. The summed E-state index contributed by atoms with van der Waals surface area (Å²) in [6, 6.07) is 5.99. The highest BCUT2D eigenvalue weighted by Gasteiger charge is 2.32. The molecule has 1 fully saturated rings. The van der Waals surface area contributed by atoms with E-state index in [1.807, 2.05) is 23.5 Å². The number of halogens is 3. The standard InChI is InChI=1S/C16H16F3N3OS2/c1-22-11(9-23)7-12(21-25(22)2)14-5-4-13(24-14)10-3-6-15(20-8-10)16(17,18)19/h3-6,8-9,11-12,21H,2,7H2,1H3. The van der Waals surface area contributed by atoms with Crippen LogP contribution in [0.1, 0.15) is 23.0 Å². The Bertz CT molecular complexity index is 789. The lowest BCUT2D eigenvalue weighted by Crippen LogP contribution is -2.41. The summed E-state index contributed by atoms with van der Waals surface area (Å²) in [4.78, 5) is 16.6. The minimum Gasteiger partial charge on any atom is -0.302 e. The number of rotatable bonds is 3. The number of aldehydes is 1. The molecule has 1 N–H and O–H groups in total. The molecule has 0 spiro atoms. The van der Waals surface area contributed by atoms with Crippen LogP contribution in [0.4, 0.5) is 13.2 Å². The normalized spacial score (nSPS) is 25.0. The molecule has 3 atom stereocenters. The zero-order chi connectivity index (χ0) is 18.2. The van der Waals surface area contributed by atoms with Gasteiger partial charge in [-0.05, 0) is 43.6 Å². The minimum absolute atomic E-state index is 0.00612. The van der Waals surface area contributed by atoms with Gasteiger partial charge >= 0.3 is 6.18 Å². The highest BCUT2D eigenvalue weighted by atomic mass is 32.2. The molecule has 3 unspecified atom stereocenters. The molecule has 134 valence electrons. The van der Waals surface area contributed by atoms with Crippen molar-refractivity contribution in [2.24, 2.45) is 0 Å². The number of nitrogens with one attached hydrogen (secondary N) is 1. The number of aromatic nitrogens is 1. The van der Waals surface area contributed by atoms with Gasteiger partial charge in [-0.3, -0.25) is 4.98 Å². The molecule has 4 nitrogen and oxygen atoms in total. The van der Waals surface area contributed by atoms with Gasteiger partial charge in [0.05, 0.1) is 12.1 Å². The largest absolute Gasteiger partial charge is 0.433 e. The van der Waals surface area contributed by atoms with Crippen molar-refractivity contribution in [2.45, 2.75) is 24.7 Å². The van der Waals surface area contributed by atoms with E-state index in [1.54, 1.807) is 0 Å². The number of likely N-dealkylation sites (N-methyl/N-ethyl adjacent to an activating group) is 1. The first-order valence-corrected chi connectivity index (χ1v) is 9.58. The first-order valence-electron chi connectivity index (χ1n) is 7.41. The van der Waals surface area contributed by atoms with Gasteiger partial charge < -0.3 is 4.79 Å². The number of pyridine rings is 1. The Kier molecular flexibility index (Phi) is 5.10. The average Bonchev–Trinajstić information content (AvgIpc) is 3.06. The number of alkyl halides is 3. The molecule has 3 rings (SSSR count). The monoisotopic (exact) mass is 387 g/mol. The van der Waals surface area contributed by atoms with Gasteiger partial charge in [0.1, 0.15) is 12.0 Å². The predicted octanol–water partition coefficient (Wildman–Crippen LogP) is 3.89. The van der Waals surface area contributed by atoms with Crippen LogP contribution in [0.3, 0.4) is 0 Å². The number of carbonyl (C=O) groups excluding carboxylic acids is 1. The second-order valence-corrected chi connectivity index (χ2v) is 8.31. The molecule has 0 saturated carbocycles. The van der Waals surface area contributed by atoms with Crippen molar-refractivity contribution < 1.29 is 18.0 Å². The summed E-state index contributed by atoms with van der Waals surface area (Å²) in [5.74, 6) is 4.02. The van der Waals surface area contributed by atoms with Gasteiger partial charge in [-0.1, -0.05) is 10.9 Å². The van der Waals surface area contributed by atoms with E-state index < -0.39 is 22.7 Å². The molecule has 1 aliphatic heterocycles. The summed E-state index contributed by atoms with van der Waals surface area (Å²) in [6.45, 7) is 0. The van der Waals surface area contributed by atoms with Crippen molar-refractivity contribution in [3.63, 3.8) is 0 Å². The maximum Gasteiger partial charge on any atom is 0.433 e. The van der Waals surface area contributed by atoms with E-state index in [-0.39, 0.29) is 12.1 Å². The zero-order valence-electron chi connectivity index (χ0n) is 13.3. The highest BCUT2D eigenvalue weighted by molar-refractivity contribution is 8.10. The van der Waals surface area contributed by atoms with Crippen LogP contribution >= 0.6 is 22.2 Å². The quantitative estimate of drug-likeness (QED) is 0.641. The van der Waals surface area contributed by atoms with E-state index in [2.05, 4.69) is 15.6 Å². The minimum atomic E-state index is -4.44. The van der Waals surface area contributed by atoms with Crippen LogP contribution in [0.15, 0.2) is 30.5 Å². The molecule has 0 amide bonds. The highest BCUT2D eigenvalue weighted by Crippen LogP contribution is 2.38. The number of hydrogen-bond acceptors (Lipinski definition) is 5. The molecular weight excluding hydrogens is 371 g/mol. The Hall–Kier alpha value is -1.55. The van der Waals surface area contributed by atoms with E-state index in [0.717, 1.165) is 22.1 Å². The summed E-state index contributed by atoms with van der Waals surface area (Å²) < 4.78 is 43.1. The first kappa shape index (κ1) is 18.2. The lowest BCUT2D eigenvalue weighted by molar-refractivity contribution is -0.141. The molecule has 9 heteroatoms. The van der Waals surface area contributed by atoms with Gasteiger partial charge in [-0.25, -0.2) is 9.03 Å². The fourth-order valence-corrected chi connectivity index (χ4v) is 4.88. The smallest absolute Gasteiger partial charge is 0.302 e. The zero-order valence-corrected chi connectivity index (χ0v) is 14.9. The van der Waals surface area contributed by atoms with Gasteiger partial charge in [0.25, 0.3) is 0 Å². The lowest BCUT2D eigenvalue weighted by atomic mass is 10.1. The van der Waals surface area contributed by atoms with Crippen LogP contribution in [0.25, 0.3) is 10.4 Å². The topological polar surface area (TPSA) is 45.2 Å². The molecular formula is C16H16F3N3OS2. The SMILES string of the molecule is C=S1NC(c2ccc(-c3ccc(C(F)(F)F)nc3)s2)CC(C=O)N1C. The van der Waals surface area contributed by atoms with Crippen LogP contribution in [-0.4, -0.2) is 34.5 Å². The number of thiophene rings is 1. The van der Waals surface area contributed by atoms with E-state index in [0.29, 0.717) is 12.0 Å². The Morgan fingerprint density at radius 1 is 1.40 bits per heavy atom. The lowest BCUT2D eigenvalue weighted by Gasteiger charge is -2.36. The molecule has 25 heavy (non-hydrogen) atoms. The third-order valence-corrected chi connectivity index (χ3v) is 6.81. The molecule has 0 aliphatic carbocycles. The van der Waals surface area contributed by atoms with Crippen molar-refractivity contribution in [1.82, 2.24) is 14.0 Å². The van der Waals surface area contributed by atoms with Gasteiger partial charge in [-0.2, -0.15) is 13.2 Å². The molecule has 2 aromatic rings. The third-order valence-electron chi connectivity index (χ3n) is 4.04. The van der Waals surface area contributed by atoms with Crippen LogP contribution in [-0.2, 0) is 11.0 Å². The summed E-state index contributed by atoms with van der Waals surface area (Å²) >= 11 is 1.48. The van der Waals surface area contributed by atoms with Crippen molar-refractivity contribution in [2.75, 3.05) is 7.05 Å². The molecule has 0 aromatic carbocycles. The predicted molar refractivity (Wildman–Crippen MR) is 95.4 cm³/mol. The molecule has 2 aromatic heterocycles. The van der Waals surface area contributed by atoms with Gasteiger partial charge in [0.15, 0.2) is 0 Å². The Labute approximate surface area is 149 Å². The van der Waals surface area contributed by atoms with Crippen molar-refractivity contribution in [3.8, 4) is 10.4 Å². The first-order chi connectivity index (χ1) is 11.8. The maximum absolute atomic E-state index is 12.6. The molecule has 3 heterocycles.